The highest BCUT2D eigenvalue weighted by Crippen LogP contribution is 2.51. The third-order valence-electron chi connectivity index (χ3n) is 7.12. The van der Waals surface area contributed by atoms with Gasteiger partial charge in [-0.3, -0.25) is 24.1 Å². The van der Waals surface area contributed by atoms with Crippen molar-refractivity contribution in [2.45, 2.75) is 25.4 Å². The van der Waals surface area contributed by atoms with Crippen LogP contribution < -0.4 is 9.47 Å². The zero-order valence-electron chi connectivity index (χ0n) is 19.8. The second-order valence-electron chi connectivity index (χ2n) is 8.93. The van der Waals surface area contributed by atoms with Gasteiger partial charge in [0.05, 0.1) is 44.5 Å². The Labute approximate surface area is 201 Å². The first-order chi connectivity index (χ1) is 16.7. The van der Waals surface area contributed by atoms with Gasteiger partial charge in [-0.2, -0.15) is 0 Å². The summed E-state index contributed by atoms with van der Waals surface area (Å²) < 4.78 is 11.2. The van der Waals surface area contributed by atoms with Crippen molar-refractivity contribution < 1.29 is 33.8 Å². The highest BCUT2D eigenvalue weighted by atomic mass is 16.5. The van der Waals surface area contributed by atoms with Gasteiger partial charge in [-0.1, -0.05) is 12.1 Å². The summed E-state index contributed by atoms with van der Waals surface area (Å²) in [5, 5.41) is 11.1. The lowest BCUT2D eigenvalue weighted by molar-refractivity contribution is -0.158. The smallest absolute Gasteiger partial charge is 0.261 e. The molecule has 0 unspecified atom stereocenters. The Morgan fingerprint density at radius 3 is 2.17 bits per heavy atom. The van der Waals surface area contributed by atoms with Crippen LogP contribution in [0.4, 0.5) is 0 Å². The van der Waals surface area contributed by atoms with Gasteiger partial charge in [0.1, 0.15) is 11.8 Å². The van der Waals surface area contributed by atoms with E-state index in [0.717, 1.165) is 4.90 Å². The van der Waals surface area contributed by atoms with Crippen molar-refractivity contribution in [1.82, 2.24) is 14.7 Å². The summed E-state index contributed by atoms with van der Waals surface area (Å²) in [5.41, 5.74) is 1.84. The Hall–Kier alpha value is -4.08. The number of nitrogens with zero attached hydrogens (tertiary/aromatic N) is 3. The van der Waals surface area contributed by atoms with Gasteiger partial charge in [0.2, 0.25) is 11.8 Å². The van der Waals surface area contributed by atoms with E-state index in [-0.39, 0.29) is 59.7 Å². The number of phenols is 1. The highest BCUT2D eigenvalue weighted by Gasteiger charge is 2.50. The van der Waals surface area contributed by atoms with Gasteiger partial charge >= 0.3 is 0 Å². The number of aromatic hydroxyl groups is 1. The number of piperazine rings is 1. The third kappa shape index (κ3) is 3.09. The van der Waals surface area contributed by atoms with E-state index in [9.17, 15) is 24.3 Å². The molecule has 3 heterocycles. The first-order valence-electron chi connectivity index (χ1n) is 11.2. The van der Waals surface area contributed by atoms with Crippen LogP contribution in [-0.4, -0.2) is 83.8 Å². The van der Waals surface area contributed by atoms with Crippen LogP contribution >= 0.6 is 0 Å². The Balaban J connectivity index is 1.70. The SMILES string of the molecule is COc1c(C)c(O)c2c(c1OC)[C@@H](CN1C(=O)c3ccccc3C1=O)N1C(=O)CN(C)C(=O)[C@@H]1C2. The summed E-state index contributed by atoms with van der Waals surface area (Å²) in [5.74, 6) is -1.08. The van der Waals surface area contributed by atoms with Crippen molar-refractivity contribution in [2.24, 2.45) is 0 Å². The largest absolute Gasteiger partial charge is 0.507 e. The van der Waals surface area contributed by atoms with E-state index in [2.05, 4.69) is 0 Å². The van der Waals surface area contributed by atoms with Gasteiger partial charge in [0, 0.05) is 30.2 Å². The van der Waals surface area contributed by atoms with Gasteiger partial charge in [-0.05, 0) is 19.1 Å². The summed E-state index contributed by atoms with van der Waals surface area (Å²) in [4.78, 5) is 56.6. The summed E-state index contributed by atoms with van der Waals surface area (Å²) in [7, 11) is 4.43. The average molecular weight is 479 g/mol. The number of imide groups is 1. The molecule has 0 radical (unpaired) electrons. The molecule has 1 fully saturated rings. The molecular weight excluding hydrogens is 454 g/mol. The minimum absolute atomic E-state index is 0.0654. The second-order valence-corrected chi connectivity index (χ2v) is 8.93. The maximum atomic E-state index is 13.3. The number of benzene rings is 2. The molecule has 2 atom stereocenters. The Bertz CT molecular complexity index is 1270. The minimum atomic E-state index is -0.925. The van der Waals surface area contributed by atoms with Gasteiger partial charge in [0.15, 0.2) is 11.5 Å². The molecular formula is C25H25N3O7. The van der Waals surface area contributed by atoms with Gasteiger partial charge in [-0.15, -0.1) is 0 Å². The second kappa shape index (κ2) is 8.00. The van der Waals surface area contributed by atoms with Crippen LogP contribution in [0.5, 0.6) is 17.2 Å². The van der Waals surface area contributed by atoms with E-state index < -0.39 is 23.9 Å². The normalized spacial score (nSPS) is 21.2. The molecule has 4 amide bonds. The lowest BCUT2D eigenvalue weighted by Gasteiger charge is -2.48. The fourth-order valence-electron chi connectivity index (χ4n) is 5.47. The number of ether oxygens (including phenoxy) is 2. The van der Waals surface area contributed by atoms with Crippen LogP contribution in [0.15, 0.2) is 24.3 Å². The molecule has 10 nitrogen and oxygen atoms in total. The summed E-state index contributed by atoms with van der Waals surface area (Å²) >= 11 is 0. The lowest BCUT2D eigenvalue weighted by atomic mass is 9.83. The van der Waals surface area contributed by atoms with Crippen LogP contribution in [0.25, 0.3) is 0 Å². The van der Waals surface area contributed by atoms with Crippen molar-refractivity contribution in [3.63, 3.8) is 0 Å². The molecule has 0 aliphatic carbocycles. The molecule has 3 aliphatic rings. The maximum absolute atomic E-state index is 13.3. The van der Waals surface area contributed by atoms with Crippen molar-refractivity contribution in [1.29, 1.82) is 0 Å². The quantitative estimate of drug-likeness (QED) is 0.657. The summed E-state index contributed by atoms with van der Waals surface area (Å²) in [6, 6.07) is 4.70. The summed E-state index contributed by atoms with van der Waals surface area (Å²) in [6.07, 6.45) is 0.0654. The van der Waals surface area contributed by atoms with Crippen LogP contribution in [0.1, 0.15) is 43.4 Å². The predicted octanol–water partition coefficient (Wildman–Crippen LogP) is 1.28. The van der Waals surface area contributed by atoms with Gasteiger partial charge < -0.3 is 24.4 Å². The number of amides is 4. The first-order valence-corrected chi connectivity index (χ1v) is 11.2. The maximum Gasteiger partial charge on any atom is 0.261 e. The van der Waals surface area contributed by atoms with E-state index in [1.54, 1.807) is 38.2 Å². The van der Waals surface area contributed by atoms with Crippen molar-refractivity contribution in [3.8, 4) is 17.2 Å². The number of phenolic OH excluding ortho intramolecular Hbond substituents is 1. The fourth-order valence-corrected chi connectivity index (χ4v) is 5.47. The van der Waals surface area contributed by atoms with Crippen LogP contribution in [0.2, 0.25) is 0 Å². The Morgan fingerprint density at radius 1 is 1.00 bits per heavy atom. The Kier molecular flexibility index (Phi) is 5.19. The summed E-state index contributed by atoms with van der Waals surface area (Å²) in [6.45, 7) is 1.32. The van der Waals surface area contributed by atoms with Crippen molar-refractivity contribution in [3.05, 3.63) is 52.1 Å². The molecule has 5 rings (SSSR count). The molecule has 10 heteroatoms. The standard InChI is InChI=1S/C25H25N3O7/c1-12-20(30)15-9-16-25(33)26(2)11-18(29)28(16)17(19(15)22(35-4)21(12)34-3)10-27-23(31)13-7-5-6-8-14(13)24(27)32/h5-8,16-17,30H,9-11H2,1-4H3/t16-,17+/m0/s1. The van der Waals surface area contributed by atoms with Gasteiger partial charge in [-0.25, -0.2) is 0 Å². The molecule has 2 aromatic carbocycles. The van der Waals surface area contributed by atoms with Gasteiger partial charge in [0.25, 0.3) is 11.8 Å². The average Bonchev–Trinajstić information content (AvgIpc) is 3.09. The molecule has 182 valence electrons. The number of methoxy groups -OCH3 is 2. The van der Waals surface area contributed by atoms with Crippen molar-refractivity contribution in [2.75, 3.05) is 34.4 Å². The number of hydrogen-bond donors (Lipinski definition) is 1. The number of fused-ring (bicyclic) bond motifs is 3. The van der Waals surface area contributed by atoms with E-state index in [0.29, 0.717) is 16.7 Å². The van der Waals surface area contributed by atoms with E-state index in [4.69, 9.17) is 9.47 Å². The van der Waals surface area contributed by atoms with E-state index >= 15 is 0 Å². The van der Waals surface area contributed by atoms with Crippen LogP contribution in [0.3, 0.4) is 0 Å². The zero-order valence-corrected chi connectivity index (χ0v) is 19.8. The number of likely N-dealkylation sites (N-methyl/N-ethyl adjacent to an activating group) is 1. The number of hydrogen-bond acceptors (Lipinski definition) is 7. The van der Waals surface area contributed by atoms with E-state index in [1.165, 1.54) is 24.0 Å². The first kappa shape index (κ1) is 22.7. The molecule has 35 heavy (non-hydrogen) atoms. The molecule has 0 aromatic heterocycles. The molecule has 3 aliphatic heterocycles. The molecule has 1 saturated heterocycles. The predicted molar refractivity (Wildman–Crippen MR) is 122 cm³/mol. The minimum Gasteiger partial charge on any atom is -0.507 e. The monoisotopic (exact) mass is 479 g/mol. The van der Waals surface area contributed by atoms with Crippen LogP contribution in [0, 0.1) is 6.92 Å². The molecule has 0 spiro atoms. The molecule has 0 saturated carbocycles. The highest BCUT2D eigenvalue weighted by molar-refractivity contribution is 6.21. The fraction of sp³-hybridized carbons (Fsp3) is 0.360. The number of rotatable bonds is 4. The molecule has 2 aromatic rings. The Morgan fingerprint density at radius 2 is 1.60 bits per heavy atom. The zero-order chi connectivity index (χ0) is 25.2. The number of carbonyl (C=O) groups excluding carboxylic acids is 4. The lowest BCUT2D eigenvalue weighted by Crippen LogP contribution is -2.63. The molecule has 0 bridgehead atoms. The number of carbonyl (C=O) groups is 4. The third-order valence-corrected chi connectivity index (χ3v) is 7.12. The van der Waals surface area contributed by atoms with Crippen LogP contribution in [-0.2, 0) is 16.0 Å². The molecule has 1 N–H and O–H groups in total. The van der Waals surface area contributed by atoms with E-state index in [1.807, 2.05) is 0 Å². The van der Waals surface area contributed by atoms with Crippen molar-refractivity contribution >= 4 is 23.6 Å². The topological polar surface area (TPSA) is 117 Å².